The third-order valence-corrected chi connectivity index (χ3v) is 3.83. The van der Waals surface area contributed by atoms with E-state index in [1.54, 1.807) is 12.1 Å². The van der Waals surface area contributed by atoms with Gasteiger partial charge in [-0.05, 0) is 26.6 Å². The zero-order valence-electron chi connectivity index (χ0n) is 11.9. The molecule has 1 aliphatic rings. The number of nitrogens with two attached hydrogens (primary N) is 1. The SMILES string of the molecule is CN(C)C1CCN(Cc2ccc(C(N)=NO)cc2F)C1. The molecule has 1 aliphatic heterocycles. The van der Waals surface area contributed by atoms with Crippen LogP contribution in [0.1, 0.15) is 17.5 Å². The van der Waals surface area contributed by atoms with Crippen molar-refractivity contribution in [3.05, 3.63) is 35.1 Å². The van der Waals surface area contributed by atoms with Gasteiger partial charge in [0.05, 0.1) is 0 Å². The summed E-state index contributed by atoms with van der Waals surface area (Å²) in [6.45, 7) is 2.52. The maximum atomic E-state index is 14.0. The molecule has 2 rings (SSSR count). The van der Waals surface area contributed by atoms with Gasteiger partial charge < -0.3 is 15.8 Å². The summed E-state index contributed by atoms with van der Waals surface area (Å²) in [4.78, 5) is 4.45. The third-order valence-electron chi connectivity index (χ3n) is 3.83. The molecule has 0 aromatic heterocycles. The maximum absolute atomic E-state index is 14.0. The lowest BCUT2D eigenvalue weighted by Crippen LogP contribution is -2.31. The highest BCUT2D eigenvalue weighted by Gasteiger charge is 2.24. The lowest BCUT2D eigenvalue weighted by atomic mass is 10.1. The number of amidine groups is 1. The summed E-state index contributed by atoms with van der Waals surface area (Å²) >= 11 is 0. The first-order valence-electron chi connectivity index (χ1n) is 6.66. The number of likely N-dealkylation sites (N-methyl/N-ethyl adjacent to an activating group) is 1. The smallest absolute Gasteiger partial charge is 0.170 e. The van der Waals surface area contributed by atoms with Crippen molar-refractivity contribution in [3.8, 4) is 0 Å². The summed E-state index contributed by atoms with van der Waals surface area (Å²) in [5.41, 5.74) is 6.47. The second-order valence-electron chi connectivity index (χ2n) is 5.43. The molecular formula is C14H21FN4O. The first-order chi connectivity index (χ1) is 9.51. The standard InChI is InChI=1S/C14H21FN4O/c1-18(2)12-5-6-19(9-12)8-11-4-3-10(7-13(11)15)14(16)17-20/h3-4,7,12,20H,5-6,8-9H2,1-2H3,(H2,16,17). The van der Waals surface area contributed by atoms with Crippen molar-refractivity contribution in [3.63, 3.8) is 0 Å². The fraction of sp³-hybridized carbons (Fsp3) is 0.500. The Morgan fingerprint density at radius 1 is 1.55 bits per heavy atom. The van der Waals surface area contributed by atoms with Crippen molar-refractivity contribution in [1.29, 1.82) is 0 Å². The fourth-order valence-electron chi connectivity index (χ4n) is 2.51. The molecule has 1 aromatic carbocycles. The first kappa shape index (κ1) is 14.7. The van der Waals surface area contributed by atoms with Gasteiger partial charge in [-0.2, -0.15) is 0 Å². The molecule has 1 saturated heterocycles. The normalized spacial score (nSPS) is 20.8. The zero-order chi connectivity index (χ0) is 14.7. The highest BCUT2D eigenvalue weighted by Crippen LogP contribution is 2.18. The van der Waals surface area contributed by atoms with Crippen LogP contribution in [0.3, 0.4) is 0 Å². The summed E-state index contributed by atoms with van der Waals surface area (Å²) in [5, 5.41) is 11.5. The van der Waals surface area contributed by atoms with Crippen LogP contribution in [-0.2, 0) is 6.54 Å². The Hall–Kier alpha value is -1.66. The number of benzene rings is 1. The fourth-order valence-corrected chi connectivity index (χ4v) is 2.51. The monoisotopic (exact) mass is 280 g/mol. The van der Waals surface area contributed by atoms with E-state index in [4.69, 9.17) is 10.9 Å². The minimum atomic E-state index is -0.317. The molecule has 5 nitrogen and oxygen atoms in total. The van der Waals surface area contributed by atoms with E-state index in [0.29, 0.717) is 23.7 Å². The van der Waals surface area contributed by atoms with Crippen LogP contribution in [0.5, 0.6) is 0 Å². The van der Waals surface area contributed by atoms with Crippen LogP contribution in [-0.4, -0.2) is 54.1 Å². The second kappa shape index (κ2) is 6.19. The van der Waals surface area contributed by atoms with Crippen LogP contribution in [0.25, 0.3) is 0 Å². The first-order valence-corrected chi connectivity index (χ1v) is 6.66. The van der Waals surface area contributed by atoms with Gasteiger partial charge in [-0.1, -0.05) is 17.3 Å². The molecule has 1 heterocycles. The van der Waals surface area contributed by atoms with Gasteiger partial charge in [0.1, 0.15) is 5.82 Å². The van der Waals surface area contributed by atoms with Crippen molar-refractivity contribution < 1.29 is 9.60 Å². The van der Waals surface area contributed by atoms with Crippen LogP contribution in [0.15, 0.2) is 23.4 Å². The largest absolute Gasteiger partial charge is 0.409 e. The van der Waals surface area contributed by atoms with E-state index in [1.165, 1.54) is 6.07 Å². The van der Waals surface area contributed by atoms with Crippen molar-refractivity contribution in [2.24, 2.45) is 10.9 Å². The highest BCUT2D eigenvalue weighted by molar-refractivity contribution is 5.97. The van der Waals surface area contributed by atoms with Gasteiger partial charge in [-0.15, -0.1) is 0 Å². The third kappa shape index (κ3) is 3.26. The molecule has 0 aliphatic carbocycles. The summed E-state index contributed by atoms with van der Waals surface area (Å²) in [5.74, 6) is -0.397. The van der Waals surface area contributed by atoms with Crippen molar-refractivity contribution >= 4 is 5.84 Å². The van der Waals surface area contributed by atoms with Crippen molar-refractivity contribution in [1.82, 2.24) is 9.80 Å². The Kier molecular flexibility index (Phi) is 4.57. The molecule has 1 aromatic rings. The summed E-state index contributed by atoms with van der Waals surface area (Å²) in [6.07, 6.45) is 1.11. The van der Waals surface area contributed by atoms with Gasteiger partial charge in [0.25, 0.3) is 0 Å². The highest BCUT2D eigenvalue weighted by atomic mass is 19.1. The Bertz CT molecular complexity index is 504. The number of hydrogen-bond donors (Lipinski definition) is 2. The van der Waals surface area contributed by atoms with Crippen LogP contribution in [0.2, 0.25) is 0 Å². The minimum Gasteiger partial charge on any atom is -0.409 e. The molecule has 0 radical (unpaired) electrons. The molecule has 1 atom stereocenters. The molecule has 0 amide bonds. The van der Waals surface area contributed by atoms with Gasteiger partial charge in [0.2, 0.25) is 0 Å². The van der Waals surface area contributed by atoms with Crippen LogP contribution >= 0.6 is 0 Å². The molecule has 110 valence electrons. The molecular weight excluding hydrogens is 259 g/mol. The van der Waals surface area contributed by atoms with Crippen molar-refractivity contribution in [2.45, 2.75) is 19.0 Å². The average molecular weight is 280 g/mol. The number of nitrogens with zero attached hydrogens (tertiary/aromatic N) is 3. The number of rotatable bonds is 4. The van der Waals surface area contributed by atoms with Gasteiger partial charge in [-0.25, -0.2) is 4.39 Å². The van der Waals surface area contributed by atoms with E-state index >= 15 is 0 Å². The molecule has 0 spiro atoms. The molecule has 0 saturated carbocycles. The topological polar surface area (TPSA) is 65.1 Å². The number of hydrogen-bond acceptors (Lipinski definition) is 4. The van der Waals surface area contributed by atoms with Gasteiger partial charge >= 0.3 is 0 Å². The Labute approximate surface area is 118 Å². The molecule has 0 bridgehead atoms. The molecule has 1 unspecified atom stereocenters. The van der Waals surface area contributed by atoms with Crippen LogP contribution in [0, 0.1) is 5.82 Å². The number of likely N-dealkylation sites (tertiary alicyclic amines) is 1. The van der Waals surface area contributed by atoms with Gasteiger partial charge in [0, 0.05) is 36.8 Å². The predicted molar refractivity (Wildman–Crippen MR) is 76.3 cm³/mol. The van der Waals surface area contributed by atoms with Gasteiger partial charge in [-0.3, -0.25) is 4.90 Å². The van der Waals surface area contributed by atoms with E-state index in [2.05, 4.69) is 29.1 Å². The lowest BCUT2D eigenvalue weighted by molar-refractivity contribution is 0.263. The van der Waals surface area contributed by atoms with Crippen LogP contribution < -0.4 is 5.73 Å². The average Bonchev–Trinajstić information content (AvgIpc) is 2.89. The zero-order valence-corrected chi connectivity index (χ0v) is 11.9. The van der Waals surface area contributed by atoms with E-state index in [9.17, 15) is 4.39 Å². The molecule has 20 heavy (non-hydrogen) atoms. The van der Waals surface area contributed by atoms with E-state index in [0.717, 1.165) is 19.5 Å². The molecule has 1 fully saturated rings. The van der Waals surface area contributed by atoms with E-state index in [-0.39, 0.29) is 11.7 Å². The van der Waals surface area contributed by atoms with E-state index < -0.39 is 0 Å². The molecule has 3 N–H and O–H groups in total. The minimum absolute atomic E-state index is 0.0794. The van der Waals surface area contributed by atoms with Gasteiger partial charge in [0.15, 0.2) is 5.84 Å². The maximum Gasteiger partial charge on any atom is 0.170 e. The quantitative estimate of drug-likeness (QED) is 0.374. The second-order valence-corrected chi connectivity index (χ2v) is 5.43. The summed E-state index contributed by atoms with van der Waals surface area (Å²) in [6, 6.07) is 5.22. The predicted octanol–water partition coefficient (Wildman–Crippen LogP) is 1.06. The lowest BCUT2D eigenvalue weighted by Gasteiger charge is -2.20. The summed E-state index contributed by atoms with van der Waals surface area (Å²) < 4.78 is 14.0. The number of halogens is 1. The molecule has 6 heteroatoms. The Morgan fingerprint density at radius 3 is 2.85 bits per heavy atom. The Morgan fingerprint density at radius 2 is 2.30 bits per heavy atom. The van der Waals surface area contributed by atoms with E-state index in [1.807, 2.05) is 0 Å². The van der Waals surface area contributed by atoms with Crippen LogP contribution in [0.4, 0.5) is 4.39 Å². The Balaban J connectivity index is 2.04. The number of oxime groups is 1. The summed E-state index contributed by atoms with van der Waals surface area (Å²) in [7, 11) is 4.14. The van der Waals surface area contributed by atoms with Crippen molar-refractivity contribution in [2.75, 3.05) is 27.2 Å².